The third-order valence-corrected chi connectivity index (χ3v) is 7.40. The number of carbonyl (C=O) groups is 2. The van der Waals surface area contributed by atoms with Crippen LogP contribution in [0.4, 0.5) is 0 Å². The Labute approximate surface area is 217 Å². The molecule has 9 nitrogen and oxygen atoms in total. The van der Waals surface area contributed by atoms with Crippen LogP contribution < -0.4 is 10.7 Å². The van der Waals surface area contributed by atoms with E-state index < -0.39 is 5.91 Å². The van der Waals surface area contributed by atoms with E-state index in [1.54, 1.807) is 43.2 Å². The molecule has 3 N–H and O–H groups in total. The highest BCUT2D eigenvalue weighted by atomic mass is 32.1. The lowest BCUT2D eigenvalue weighted by atomic mass is 10.0. The molecule has 0 aliphatic heterocycles. The number of nitrogens with zero attached hydrogens (tertiary/aromatic N) is 4. The fraction of sp³-hybridized carbons (Fsp3) is 0.222. The van der Waals surface area contributed by atoms with Gasteiger partial charge in [-0.25, -0.2) is 5.43 Å². The van der Waals surface area contributed by atoms with Crippen molar-refractivity contribution in [3.63, 3.8) is 0 Å². The summed E-state index contributed by atoms with van der Waals surface area (Å²) >= 11 is 1.07. The number of nitrogens with one attached hydrogen (secondary N) is 2. The molecule has 3 aromatic heterocycles. The van der Waals surface area contributed by atoms with Crippen molar-refractivity contribution in [3.05, 3.63) is 87.0 Å². The van der Waals surface area contributed by atoms with Crippen molar-refractivity contribution in [3.8, 4) is 17.0 Å². The highest BCUT2D eigenvalue weighted by Gasteiger charge is 2.21. The molecule has 0 bridgehead atoms. The van der Waals surface area contributed by atoms with E-state index in [1.807, 2.05) is 18.2 Å². The molecule has 4 aromatic rings. The summed E-state index contributed by atoms with van der Waals surface area (Å²) in [5.74, 6) is -0.704. The molecule has 0 fully saturated rings. The van der Waals surface area contributed by atoms with Crippen LogP contribution in [0, 0.1) is 0 Å². The lowest BCUT2D eigenvalue weighted by Gasteiger charge is -2.06. The van der Waals surface area contributed by atoms with Crippen molar-refractivity contribution in [2.24, 2.45) is 12.1 Å². The molecule has 0 saturated heterocycles. The Bertz CT molecular complexity index is 1510. The molecule has 1 aliphatic carbocycles. The van der Waals surface area contributed by atoms with E-state index in [-0.39, 0.29) is 11.7 Å². The second-order valence-electron chi connectivity index (χ2n) is 8.85. The van der Waals surface area contributed by atoms with E-state index in [2.05, 4.69) is 38.1 Å². The Balaban J connectivity index is 1.25. The maximum atomic E-state index is 12.6. The number of pyridine rings is 1. The molecule has 0 unspecified atom stereocenters. The van der Waals surface area contributed by atoms with Gasteiger partial charge in [-0.2, -0.15) is 10.2 Å². The maximum Gasteiger partial charge on any atom is 0.281 e. The van der Waals surface area contributed by atoms with Gasteiger partial charge in [-0.05, 0) is 73.2 Å². The molecule has 0 saturated carbocycles. The minimum Gasteiger partial charge on any atom is -0.504 e. The number of hydrazone groups is 1. The standard InChI is InChI=1S/C27H26N6O3S/c1-16(23-25(34)24(33(2)32-23)20-7-6-18-4-3-5-19(18)14-20)30-31-27(36)22-9-8-21(37-22)26(35)29-15-17-10-12-28-13-11-17/h6-14,34H,3-5,15H2,1-2H3,(H,29,35)(H,31,36)/b30-16-. The van der Waals surface area contributed by atoms with Gasteiger partial charge in [0.1, 0.15) is 5.69 Å². The minimum atomic E-state index is -0.452. The van der Waals surface area contributed by atoms with Gasteiger partial charge in [0, 0.05) is 31.5 Å². The van der Waals surface area contributed by atoms with Gasteiger partial charge in [0.2, 0.25) is 0 Å². The minimum absolute atomic E-state index is 0.0141. The van der Waals surface area contributed by atoms with Crippen LogP contribution in [-0.2, 0) is 26.4 Å². The summed E-state index contributed by atoms with van der Waals surface area (Å²) in [6, 6.07) is 13.0. The first-order chi connectivity index (χ1) is 17.9. The molecule has 0 spiro atoms. The number of thiophene rings is 1. The van der Waals surface area contributed by atoms with Crippen molar-refractivity contribution in [2.45, 2.75) is 32.7 Å². The van der Waals surface area contributed by atoms with Crippen molar-refractivity contribution >= 4 is 28.9 Å². The normalized spacial score (nSPS) is 12.9. The molecule has 0 radical (unpaired) electrons. The lowest BCUT2D eigenvalue weighted by molar-refractivity contribution is 0.0950. The van der Waals surface area contributed by atoms with E-state index in [1.165, 1.54) is 11.1 Å². The Morgan fingerprint density at radius 2 is 1.78 bits per heavy atom. The zero-order chi connectivity index (χ0) is 25.9. The molecular formula is C27H26N6O3S. The van der Waals surface area contributed by atoms with Gasteiger partial charge < -0.3 is 10.4 Å². The lowest BCUT2D eigenvalue weighted by Crippen LogP contribution is -2.21. The molecule has 0 atom stereocenters. The largest absolute Gasteiger partial charge is 0.504 e. The number of aromatic nitrogens is 3. The van der Waals surface area contributed by atoms with Gasteiger partial charge in [-0.3, -0.25) is 19.3 Å². The molecule has 1 aromatic carbocycles. The number of fused-ring (bicyclic) bond motifs is 1. The molecule has 10 heteroatoms. The van der Waals surface area contributed by atoms with Crippen LogP contribution in [0.15, 0.2) is 60.0 Å². The van der Waals surface area contributed by atoms with Crippen LogP contribution in [0.5, 0.6) is 5.75 Å². The summed E-state index contributed by atoms with van der Waals surface area (Å²) < 4.78 is 1.62. The SMILES string of the molecule is C/C(=N/NC(=O)c1ccc(C(=O)NCc2ccncc2)s1)c1nn(C)c(-c2ccc3c(c2)CCC3)c1O. The fourth-order valence-corrected chi connectivity index (χ4v) is 5.21. The molecule has 2 amide bonds. The molecule has 1 aliphatic rings. The highest BCUT2D eigenvalue weighted by Crippen LogP contribution is 2.35. The fourth-order valence-electron chi connectivity index (χ4n) is 4.39. The quantitative estimate of drug-likeness (QED) is 0.256. The van der Waals surface area contributed by atoms with Gasteiger partial charge in [0.15, 0.2) is 11.4 Å². The molecule has 37 heavy (non-hydrogen) atoms. The summed E-state index contributed by atoms with van der Waals surface area (Å²) in [7, 11) is 1.77. The summed E-state index contributed by atoms with van der Waals surface area (Å²) in [6.45, 7) is 2.03. The van der Waals surface area contributed by atoms with Gasteiger partial charge >= 0.3 is 0 Å². The number of aryl methyl sites for hydroxylation is 3. The predicted octanol–water partition coefficient (Wildman–Crippen LogP) is 3.82. The average molecular weight is 515 g/mol. The third-order valence-electron chi connectivity index (χ3n) is 6.32. The second kappa shape index (κ2) is 10.4. The van der Waals surface area contributed by atoms with Gasteiger partial charge in [-0.1, -0.05) is 12.1 Å². The van der Waals surface area contributed by atoms with E-state index in [4.69, 9.17) is 0 Å². The van der Waals surface area contributed by atoms with Crippen LogP contribution in [0.3, 0.4) is 0 Å². The van der Waals surface area contributed by atoms with Crippen LogP contribution in [0.25, 0.3) is 11.3 Å². The number of carbonyl (C=O) groups excluding carboxylic acids is 2. The number of amides is 2. The molecule has 3 heterocycles. The first-order valence-electron chi connectivity index (χ1n) is 11.9. The molecule has 5 rings (SSSR count). The Morgan fingerprint density at radius 1 is 1.05 bits per heavy atom. The van der Waals surface area contributed by atoms with Crippen molar-refractivity contribution in [1.29, 1.82) is 0 Å². The van der Waals surface area contributed by atoms with Crippen molar-refractivity contribution in [1.82, 2.24) is 25.5 Å². The Morgan fingerprint density at radius 3 is 2.57 bits per heavy atom. The maximum absolute atomic E-state index is 12.6. The predicted molar refractivity (Wildman–Crippen MR) is 142 cm³/mol. The third kappa shape index (κ3) is 5.14. The van der Waals surface area contributed by atoms with Crippen LogP contribution in [0.2, 0.25) is 0 Å². The summed E-state index contributed by atoms with van der Waals surface area (Å²) in [4.78, 5) is 29.8. The van der Waals surface area contributed by atoms with Crippen LogP contribution in [-0.4, -0.2) is 37.4 Å². The van der Waals surface area contributed by atoms with Crippen molar-refractivity contribution < 1.29 is 14.7 Å². The molecular weight excluding hydrogens is 488 g/mol. The van der Waals surface area contributed by atoms with Crippen LogP contribution >= 0.6 is 11.3 Å². The zero-order valence-corrected chi connectivity index (χ0v) is 21.3. The number of aromatic hydroxyl groups is 1. The number of rotatable bonds is 7. The van der Waals surface area contributed by atoms with E-state index in [0.717, 1.165) is 41.7 Å². The second-order valence-corrected chi connectivity index (χ2v) is 9.93. The average Bonchev–Trinajstić information content (AvgIpc) is 3.65. The summed E-state index contributed by atoms with van der Waals surface area (Å²) in [6.07, 6.45) is 6.60. The first-order valence-corrected chi connectivity index (χ1v) is 12.7. The zero-order valence-electron chi connectivity index (χ0n) is 20.5. The topological polar surface area (TPSA) is 122 Å². The van der Waals surface area contributed by atoms with Crippen LogP contribution in [0.1, 0.15) is 55.1 Å². The Hall–Kier alpha value is -4.31. The smallest absolute Gasteiger partial charge is 0.281 e. The number of hydrogen-bond donors (Lipinski definition) is 3. The number of benzene rings is 1. The molecule has 188 valence electrons. The summed E-state index contributed by atoms with van der Waals surface area (Å²) in [5, 5.41) is 22.3. The van der Waals surface area contributed by atoms with E-state index in [0.29, 0.717) is 33.4 Å². The van der Waals surface area contributed by atoms with Gasteiger partial charge in [0.05, 0.1) is 15.5 Å². The Kier molecular flexibility index (Phi) is 6.82. The van der Waals surface area contributed by atoms with Gasteiger partial charge in [0.25, 0.3) is 11.8 Å². The van der Waals surface area contributed by atoms with E-state index in [9.17, 15) is 14.7 Å². The van der Waals surface area contributed by atoms with E-state index >= 15 is 0 Å². The highest BCUT2D eigenvalue weighted by molar-refractivity contribution is 7.15. The monoisotopic (exact) mass is 514 g/mol. The van der Waals surface area contributed by atoms with Crippen molar-refractivity contribution in [2.75, 3.05) is 0 Å². The number of hydrogen-bond acceptors (Lipinski definition) is 7. The first kappa shape index (κ1) is 24.4. The van der Waals surface area contributed by atoms with Gasteiger partial charge in [-0.15, -0.1) is 11.3 Å². The summed E-state index contributed by atoms with van der Waals surface area (Å²) in [5.41, 5.74) is 8.24.